The Balaban J connectivity index is 1.99. The Bertz CT molecular complexity index is 814. The summed E-state index contributed by atoms with van der Waals surface area (Å²) >= 11 is 0. The number of benzene rings is 2. The number of methoxy groups -OCH3 is 1. The molecule has 0 spiro atoms. The zero-order valence-electron chi connectivity index (χ0n) is 15.9. The molecular formula is C20H25BO5. The summed E-state index contributed by atoms with van der Waals surface area (Å²) in [4.78, 5) is 12.0. The molecule has 0 aromatic heterocycles. The number of carbonyl (C=O) groups is 1. The first-order chi connectivity index (χ1) is 12.1. The van der Waals surface area contributed by atoms with Crippen LogP contribution in [-0.4, -0.2) is 36.5 Å². The predicted octanol–water partition coefficient (Wildman–Crippen LogP) is 3.82. The minimum atomic E-state index is -0.548. The van der Waals surface area contributed by atoms with E-state index in [1.807, 2.05) is 52.0 Å². The van der Waals surface area contributed by atoms with E-state index in [1.165, 1.54) is 7.11 Å². The Labute approximate surface area is 154 Å². The monoisotopic (exact) mass is 356 g/mol. The molecule has 6 heteroatoms. The highest BCUT2D eigenvalue weighted by molar-refractivity contribution is 6.48. The summed E-state index contributed by atoms with van der Waals surface area (Å²) in [5.41, 5.74) is -0.0179. The van der Waals surface area contributed by atoms with E-state index in [4.69, 9.17) is 14.0 Å². The van der Waals surface area contributed by atoms with Crippen molar-refractivity contribution in [2.45, 2.75) is 51.1 Å². The van der Waals surface area contributed by atoms with Gasteiger partial charge in [-0.3, -0.25) is 4.79 Å². The largest absolute Gasteiger partial charge is 0.508 e. The molecule has 138 valence electrons. The van der Waals surface area contributed by atoms with Crippen LogP contribution in [0.5, 0.6) is 5.75 Å². The third-order valence-electron chi connectivity index (χ3n) is 5.49. The van der Waals surface area contributed by atoms with E-state index in [0.717, 1.165) is 16.3 Å². The van der Waals surface area contributed by atoms with Crippen molar-refractivity contribution in [3.05, 3.63) is 42.0 Å². The van der Waals surface area contributed by atoms with E-state index in [0.29, 0.717) is 0 Å². The molecule has 3 rings (SSSR count). The number of ether oxygens (including phenoxy) is 1. The van der Waals surface area contributed by atoms with Gasteiger partial charge in [-0.2, -0.15) is 0 Å². The van der Waals surface area contributed by atoms with Crippen molar-refractivity contribution < 1.29 is 23.9 Å². The minimum Gasteiger partial charge on any atom is -0.508 e. The summed E-state index contributed by atoms with van der Waals surface area (Å²) in [6.07, 6.45) is 0.164. The maximum atomic E-state index is 12.0. The van der Waals surface area contributed by atoms with E-state index in [-0.39, 0.29) is 24.0 Å². The predicted molar refractivity (Wildman–Crippen MR) is 101 cm³/mol. The van der Waals surface area contributed by atoms with E-state index in [1.54, 1.807) is 12.1 Å². The molecule has 0 saturated carbocycles. The average molecular weight is 356 g/mol. The highest BCUT2D eigenvalue weighted by atomic mass is 16.7. The van der Waals surface area contributed by atoms with Crippen molar-refractivity contribution in [1.82, 2.24) is 0 Å². The number of fused-ring (bicyclic) bond motifs is 1. The van der Waals surface area contributed by atoms with Gasteiger partial charge in [-0.15, -0.1) is 0 Å². The normalized spacial score (nSPS) is 19.5. The van der Waals surface area contributed by atoms with Gasteiger partial charge in [0.25, 0.3) is 0 Å². The van der Waals surface area contributed by atoms with Gasteiger partial charge in [0.2, 0.25) is 0 Å². The average Bonchev–Trinajstić information content (AvgIpc) is 2.79. The number of carbonyl (C=O) groups excluding carboxylic acids is 1. The third-order valence-corrected chi connectivity index (χ3v) is 5.49. The quantitative estimate of drug-likeness (QED) is 0.666. The summed E-state index contributed by atoms with van der Waals surface area (Å²) in [5.74, 6) is -0.375. The van der Waals surface area contributed by atoms with Crippen LogP contribution in [0.1, 0.15) is 45.5 Å². The highest BCUT2D eigenvalue weighted by Crippen LogP contribution is 2.42. The maximum absolute atomic E-state index is 12.0. The Morgan fingerprint density at radius 1 is 1.08 bits per heavy atom. The fourth-order valence-corrected chi connectivity index (χ4v) is 3.17. The molecule has 5 nitrogen and oxygen atoms in total. The Morgan fingerprint density at radius 3 is 2.27 bits per heavy atom. The molecule has 1 saturated heterocycles. The van der Waals surface area contributed by atoms with Gasteiger partial charge in [0.05, 0.1) is 24.7 Å². The van der Waals surface area contributed by atoms with Crippen LogP contribution in [0.25, 0.3) is 10.8 Å². The fraction of sp³-hybridized carbons (Fsp3) is 0.450. The van der Waals surface area contributed by atoms with Crippen LogP contribution in [0.4, 0.5) is 0 Å². The summed E-state index contributed by atoms with van der Waals surface area (Å²) in [6, 6.07) is 11.1. The molecule has 0 bridgehead atoms. The minimum absolute atomic E-state index is 0.164. The first-order valence-electron chi connectivity index (χ1n) is 8.78. The van der Waals surface area contributed by atoms with Crippen LogP contribution in [-0.2, 0) is 18.8 Å². The van der Waals surface area contributed by atoms with Gasteiger partial charge in [-0.25, -0.2) is 0 Å². The number of phenolic OH excluding ortho intramolecular Hbond substituents is 1. The molecule has 1 aliphatic rings. The van der Waals surface area contributed by atoms with Crippen LogP contribution in [0.2, 0.25) is 0 Å². The SMILES string of the molecule is COC(=O)CC(B1OC(C)(C)C(C)(C)O1)c1ccc2cc(O)ccc2c1. The first-order valence-corrected chi connectivity index (χ1v) is 8.78. The summed E-state index contributed by atoms with van der Waals surface area (Å²) in [5, 5.41) is 11.6. The van der Waals surface area contributed by atoms with E-state index < -0.39 is 18.3 Å². The molecule has 0 amide bonds. The number of phenols is 1. The van der Waals surface area contributed by atoms with Crippen LogP contribution >= 0.6 is 0 Å². The molecular weight excluding hydrogens is 331 g/mol. The molecule has 1 unspecified atom stereocenters. The first kappa shape index (κ1) is 18.7. The van der Waals surface area contributed by atoms with Crippen molar-refractivity contribution in [3.63, 3.8) is 0 Å². The van der Waals surface area contributed by atoms with E-state index in [2.05, 4.69) is 0 Å². The van der Waals surface area contributed by atoms with Crippen LogP contribution in [0.15, 0.2) is 36.4 Å². The van der Waals surface area contributed by atoms with Crippen LogP contribution < -0.4 is 0 Å². The molecule has 0 aliphatic carbocycles. The van der Waals surface area contributed by atoms with Crippen molar-refractivity contribution >= 4 is 23.9 Å². The highest BCUT2D eigenvalue weighted by Gasteiger charge is 2.54. The van der Waals surface area contributed by atoms with Crippen LogP contribution in [0, 0.1) is 0 Å². The molecule has 1 N–H and O–H groups in total. The van der Waals surface area contributed by atoms with Gasteiger partial charge < -0.3 is 19.2 Å². The number of rotatable bonds is 4. The second-order valence-corrected chi connectivity index (χ2v) is 7.80. The number of hydrogen-bond donors (Lipinski definition) is 1. The van der Waals surface area contributed by atoms with Gasteiger partial charge in [-0.1, -0.05) is 24.3 Å². The molecule has 2 aromatic rings. The lowest BCUT2D eigenvalue weighted by molar-refractivity contribution is -0.140. The Morgan fingerprint density at radius 2 is 1.65 bits per heavy atom. The topological polar surface area (TPSA) is 65.0 Å². The van der Waals surface area contributed by atoms with E-state index in [9.17, 15) is 9.90 Å². The molecule has 1 heterocycles. The fourth-order valence-electron chi connectivity index (χ4n) is 3.17. The molecule has 26 heavy (non-hydrogen) atoms. The zero-order chi connectivity index (χ0) is 19.1. The lowest BCUT2D eigenvalue weighted by Crippen LogP contribution is -2.41. The number of esters is 1. The van der Waals surface area contributed by atoms with Crippen molar-refractivity contribution in [2.75, 3.05) is 7.11 Å². The molecule has 0 radical (unpaired) electrons. The Hall–Kier alpha value is -2.05. The van der Waals surface area contributed by atoms with Gasteiger partial charge in [-0.05, 0) is 56.2 Å². The lowest BCUT2D eigenvalue weighted by atomic mass is 9.66. The van der Waals surface area contributed by atoms with Crippen molar-refractivity contribution in [2.24, 2.45) is 0 Å². The second kappa shape index (κ2) is 6.60. The zero-order valence-corrected chi connectivity index (χ0v) is 15.9. The standard InChI is InChI=1S/C20H25BO5/c1-19(2)20(3,4)26-21(25-19)17(12-18(23)24-5)15-7-6-14-11-16(22)9-8-13(14)10-15/h6-11,17,22H,12H2,1-5H3. The second-order valence-electron chi connectivity index (χ2n) is 7.80. The summed E-state index contributed by atoms with van der Waals surface area (Å²) < 4.78 is 17.3. The Kier molecular flexibility index (Phi) is 4.75. The third kappa shape index (κ3) is 3.44. The van der Waals surface area contributed by atoms with Crippen molar-refractivity contribution in [1.29, 1.82) is 0 Å². The van der Waals surface area contributed by atoms with Gasteiger partial charge >= 0.3 is 13.1 Å². The maximum Gasteiger partial charge on any atom is 0.466 e. The molecule has 1 aliphatic heterocycles. The lowest BCUT2D eigenvalue weighted by Gasteiger charge is -2.32. The molecule has 2 aromatic carbocycles. The van der Waals surface area contributed by atoms with Crippen LogP contribution in [0.3, 0.4) is 0 Å². The van der Waals surface area contributed by atoms with E-state index >= 15 is 0 Å². The number of hydrogen-bond acceptors (Lipinski definition) is 5. The molecule has 1 atom stereocenters. The summed E-state index contributed by atoms with van der Waals surface area (Å²) in [7, 11) is 0.834. The van der Waals surface area contributed by atoms with Gasteiger partial charge in [0.1, 0.15) is 5.75 Å². The van der Waals surface area contributed by atoms with Gasteiger partial charge in [0, 0.05) is 5.82 Å². The molecule has 1 fully saturated rings. The smallest absolute Gasteiger partial charge is 0.466 e. The van der Waals surface area contributed by atoms with Gasteiger partial charge in [0.15, 0.2) is 0 Å². The summed E-state index contributed by atoms with van der Waals surface area (Å²) in [6.45, 7) is 7.97. The number of aromatic hydroxyl groups is 1. The van der Waals surface area contributed by atoms with Crippen molar-refractivity contribution in [3.8, 4) is 5.75 Å².